The second-order valence-corrected chi connectivity index (χ2v) is 5.05. The lowest BCUT2D eigenvalue weighted by molar-refractivity contribution is -0.349. The fraction of sp³-hybridized carbons (Fsp3) is 0.500. The Kier molecular flexibility index (Phi) is 2.62. The van der Waals surface area contributed by atoms with Crippen molar-refractivity contribution in [3.05, 3.63) is 35.9 Å². The molecule has 4 fully saturated rings. The topological polar surface area (TPSA) is 63.2 Å². The summed E-state index contributed by atoms with van der Waals surface area (Å²) < 4.78 is 28.5. The Morgan fingerprint density at radius 3 is 2.85 bits per heavy atom. The number of carbonyl (C=O) groups excluding carboxylic acids is 1. The lowest BCUT2D eigenvalue weighted by Crippen LogP contribution is -2.36. The molecule has 0 aromatic heterocycles. The maximum absolute atomic E-state index is 11.2. The Bertz CT molecular complexity index is 532. The van der Waals surface area contributed by atoms with E-state index in [1.165, 1.54) is 6.92 Å². The minimum absolute atomic E-state index is 0.250. The van der Waals surface area contributed by atoms with E-state index in [1.54, 1.807) is 0 Å². The fourth-order valence-electron chi connectivity index (χ4n) is 2.86. The standard InChI is InChI=1S/C14H14O6/c1-8(15)17-11-10-7-16-14(9-5-3-2-4-6-9)19-12(11)13(18-10)20-14/h2-6,10-13H,7H2,1H3. The van der Waals surface area contributed by atoms with Gasteiger partial charge in [-0.05, 0) is 0 Å². The molecule has 0 spiro atoms. The zero-order valence-corrected chi connectivity index (χ0v) is 10.9. The highest BCUT2D eigenvalue weighted by Gasteiger charge is 2.64. The molecule has 4 aliphatic rings. The highest BCUT2D eigenvalue weighted by molar-refractivity contribution is 5.66. The molecule has 6 heteroatoms. The average molecular weight is 278 g/mol. The van der Waals surface area contributed by atoms with E-state index >= 15 is 0 Å². The van der Waals surface area contributed by atoms with Crippen molar-refractivity contribution in [2.45, 2.75) is 37.5 Å². The van der Waals surface area contributed by atoms with E-state index < -0.39 is 24.5 Å². The molecule has 6 nitrogen and oxygen atoms in total. The largest absolute Gasteiger partial charge is 0.457 e. The molecule has 5 atom stereocenters. The van der Waals surface area contributed by atoms with E-state index in [9.17, 15) is 4.79 Å². The molecule has 5 rings (SSSR count). The maximum atomic E-state index is 11.2. The quantitative estimate of drug-likeness (QED) is 0.749. The summed E-state index contributed by atoms with van der Waals surface area (Å²) in [6, 6.07) is 9.40. The molecule has 0 amide bonds. The van der Waals surface area contributed by atoms with Gasteiger partial charge in [0, 0.05) is 12.5 Å². The summed E-state index contributed by atoms with van der Waals surface area (Å²) in [5.74, 6) is -1.63. The second-order valence-electron chi connectivity index (χ2n) is 5.05. The van der Waals surface area contributed by atoms with Gasteiger partial charge in [0.15, 0.2) is 18.5 Å². The van der Waals surface area contributed by atoms with E-state index in [0.29, 0.717) is 0 Å². The summed E-state index contributed by atoms with van der Waals surface area (Å²) >= 11 is 0. The van der Waals surface area contributed by atoms with Crippen molar-refractivity contribution in [2.75, 3.05) is 6.61 Å². The van der Waals surface area contributed by atoms with Crippen LogP contribution in [0.4, 0.5) is 0 Å². The van der Waals surface area contributed by atoms with Gasteiger partial charge in [-0.1, -0.05) is 30.3 Å². The molecule has 0 saturated carbocycles. The number of benzene rings is 1. The molecule has 4 aliphatic heterocycles. The highest BCUT2D eigenvalue weighted by Crippen LogP contribution is 2.48. The van der Waals surface area contributed by atoms with Gasteiger partial charge in [0.1, 0.15) is 6.10 Å². The van der Waals surface area contributed by atoms with Gasteiger partial charge in [0.05, 0.1) is 6.61 Å². The van der Waals surface area contributed by atoms with Crippen LogP contribution < -0.4 is 0 Å². The first-order chi connectivity index (χ1) is 9.68. The Morgan fingerprint density at radius 1 is 1.30 bits per heavy atom. The van der Waals surface area contributed by atoms with Crippen molar-refractivity contribution in [3.63, 3.8) is 0 Å². The van der Waals surface area contributed by atoms with Crippen molar-refractivity contribution in [1.82, 2.24) is 0 Å². The molecule has 106 valence electrons. The van der Waals surface area contributed by atoms with E-state index in [-0.39, 0.29) is 18.7 Å². The van der Waals surface area contributed by atoms with Crippen LogP contribution in [-0.4, -0.2) is 37.2 Å². The SMILES string of the molecule is CC(=O)OC1C2COC3(c4ccccc4)OC(O2)C1O3. The lowest BCUT2D eigenvalue weighted by atomic mass is 10.1. The molecule has 1 aromatic carbocycles. The van der Waals surface area contributed by atoms with E-state index in [1.807, 2.05) is 30.3 Å². The van der Waals surface area contributed by atoms with Crippen LogP contribution in [0.3, 0.4) is 0 Å². The Hall–Kier alpha value is -1.47. The number of hydrogen-bond donors (Lipinski definition) is 0. The number of fused-ring (bicyclic) bond motifs is 1. The minimum Gasteiger partial charge on any atom is -0.457 e. The van der Waals surface area contributed by atoms with Crippen LogP contribution in [0, 0.1) is 0 Å². The number of rotatable bonds is 2. The number of esters is 1. The molecular formula is C14H14O6. The van der Waals surface area contributed by atoms with E-state index in [0.717, 1.165) is 5.56 Å². The maximum Gasteiger partial charge on any atom is 0.315 e. The third-order valence-electron chi connectivity index (χ3n) is 3.70. The van der Waals surface area contributed by atoms with E-state index in [4.69, 9.17) is 23.7 Å². The zero-order chi connectivity index (χ0) is 13.7. The van der Waals surface area contributed by atoms with Gasteiger partial charge in [0.2, 0.25) is 0 Å². The molecule has 1 aromatic rings. The van der Waals surface area contributed by atoms with Crippen LogP contribution in [0.15, 0.2) is 30.3 Å². The fourth-order valence-corrected chi connectivity index (χ4v) is 2.86. The molecule has 0 aliphatic carbocycles. The third-order valence-corrected chi connectivity index (χ3v) is 3.70. The van der Waals surface area contributed by atoms with Gasteiger partial charge >= 0.3 is 11.9 Å². The predicted molar refractivity (Wildman–Crippen MR) is 64.2 cm³/mol. The van der Waals surface area contributed by atoms with Crippen molar-refractivity contribution >= 4 is 5.97 Å². The number of ether oxygens (including phenoxy) is 5. The summed E-state index contributed by atoms with van der Waals surface area (Å²) in [6.45, 7) is 1.61. The molecule has 0 N–H and O–H groups in total. The first kappa shape index (κ1) is 12.3. The van der Waals surface area contributed by atoms with Gasteiger partial charge < -0.3 is 18.9 Å². The second kappa shape index (κ2) is 4.26. The molecule has 4 saturated heterocycles. The molecule has 4 bridgehead atoms. The van der Waals surface area contributed by atoms with Crippen molar-refractivity contribution in [1.29, 1.82) is 0 Å². The normalized spacial score (nSPS) is 41.6. The van der Waals surface area contributed by atoms with Crippen LogP contribution in [-0.2, 0) is 34.5 Å². The first-order valence-electron chi connectivity index (χ1n) is 6.56. The summed E-state index contributed by atoms with van der Waals surface area (Å²) in [5, 5.41) is 0. The average Bonchev–Trinajstić information content (AvgIpc) is 2.78. The molecule has 0 radical (unpaired) electrons. The summed E-state index contributed by atoms with van der Waals surface area (Å²) in [4.78, 5) is 11.2. The van der Waals surface area contributed by atoms with Gasteiger partial charge in [0.25, 0.3) is 0 Å². The van der Waals surface area contributed by atoms with Crippen LogP contribution in [0.5, 0.6) is 0 Å². The Labute approximate surface area is 115 Å². The van der Waals surface area contributed by atoms with Crippen LogP contribution in [0.2, 0.25) is 0 Å². The minimum atomic E-state index is -1.26. The third kappa shape index (κ3) is 1.69. The van der Waals surface area contributed by atoms with Gasteiger partial charge in [-0.15, -0.1) is 0 Å². The van der Waals surface area contributed by atoms with Gasteiger partial charge in [-0.25, -0.2) is 0 Å². The first-order valence-corrected chi connectivity index (χ1v) is 6.56. The van der Waals surface area contributed by atoms with Gasteiger partial charge in [-0.3, -0.25) is 9.53 Å². The summed E-state index contributed by atoms with van der Waals surface area (Å²) in [7, 11) is 0. The Morgan fingerprint density at radius 2 is 2.10 bits per heavy atom. The molecule has 4 heterocycles. The van der Waals surface area contributed by atoms with Crippen LogP contribution in [0.1, 0.15) is 12.5 Å². The van der Waals surface area contributed by atoms with Crippen LogP contribution in [0.25, 0.3) is 0 Å². The molecular weight excluding hydrogens is 264 g/mol. The monoisotopic (exact) mass is 278 g/mol. The molecule has 5 unspecified atom stereocenters. The zero-order valence-electron chi connectivity index (χ0n) is 10.9. The summed E-state index contributed by atoms with van der Waals surface area (Å²) in [6.07, 6.45) is -1.90. The van der Waals surface area contributed by atoms with Crippen molar-refractivity contribution in [3.8, 4) is 0 Å². The lowest BCUT2D eigenvalue weighted by Gasteiger charge is -2.25. The Balaban J connectivity index is 1.68. The highest BCUT2D eigenvalue weighted by atomic mass is 17.0. The van der Waals surface area contributed by atoms with Crippen molar-refractivity contribution in [2.24, 2.45) is 0 Å². The van der Waals surface area contributed by atoms with Crippen LogP contribution >= 0.6 is 0 Å². The number of carbonyl (C=O) groups is 1. The summed E-state index contributed by atoms with van der Waals surface area (Å²) in [5.41, 5.74) is 0.764. The van der Waals surface area contributed by atoms with E-state index in [2.05, 4.69) is 0 Å². The van der Waals surface area contributed by atoms with Gasteiger partial charge in [-0.2, -0.15) is 0 Å². The predicted octanol–water partition coefficient (Wildman–Crippen LogP) is 0.899. The number of hydrogen-bond acceptors (Lipinski definition) is 6. The smallest absolute Gasteiger partial charge is 0.315 e. The molecule has 20 heavy (non-hydrogen) atoms. The van der Waals surface area contributed by atoms with Crippen molar-refractivity contribution < 1.29 is 28.5 Å².